The van der Waals surface area contributed by atoms with Crippen LogP contribution in [0.25, 0.3) is 0 Å². The summed E-state index contributed by atoms with van der Waals surface area (Å²) in [5, 5.41) is 0.897. The third kappa shape index (κ3) is 4.50. The Morgan fingerprint density at radius 2 is 2.24 bits per heavy atom. The molecular formula is C12H20BrN3O. The molecule has 0 saturated heterocycles. The van der Waals surface area contributed by atoms with Gasteiger partial charge in [0.05, 0.1) is 6.61 Å². The van der Waals surface area contributed by atoms with Crippen molar-refractivity contribution in [1.82, 2.24) is 9.97 Å². The van der Waals surface area contributed by atoms with Gasteiger partial charge in [0.1, 0.15) is 0 Å². The maximum Gasteiger partial charge on any atom is 0.228 e. The number of aromatic nitrogens is 2. The van der Waals surface area contributed by atoms with Crippen LogP contribution >= 0.6 is 15.9 Å². The number of anilines is 1. The number of nitrogens with zero attached hydrogens (tertiary/aromatic N) is 3. The first-order valence-corrected chi connectivity index (χ1v) is 7.09. The highest BCUT2D eigenvalue weighted by Gasteiger charge is 2.13. The van der Waals surface area contributed by atoms with E-state index in [4.69, 9.17) is 4.74 Å². The van der Waals surface area contributed by atoms with Gasteiger partial charge in [-0.15, -0.1) is 0 Å². The Morgan fingerprint density at radius 3 is 2.82 bits per heavy atom. The van der Waals surface area contributed by atoms with Crippen molar-refractivity contribution in [2.24, 2.45) is 0 Å². The smallest absolute Gasteiger partial charge is 0.228 e. The third-order valence-corrected chi connectivity index (χ3v) is 2.63. The summed E-state index contributed by atoms with van der Waals surface area (Å²) in [4.78, 5) is 10.9. The minimum absolute atomic E-state index is 0.369. The van der Waals surface area contributed by atoms with Crippen LogP contribution in [0, 0.1) is 0 Å². The lowest BCUT2D eigenvalue weighted by molar-refractivity contribution is 0.304. The van der Waals surface area contributed by atoms with E-state index in [1.807, 2.05) is 0 Å². The van der Waals surface area contributed by atoms with Crippen LogP contribution in [0.3, 0.4) is 0 Å². The fourth-order valence-electron chi connectivity index (χ4n) is 1.44. The third-order valence-electron chi connectivity index (χ3n) is 2.28. The summed E-state index contributed by atoms with van der Waals surface area (Å²) in [7, 11) is 0. The fourth-order valence-corrected chi connectivity index (χ4v) is 1.82. The fraction of sp³-hybridized carbons (Fsp3) is 0.667. The summed E-state index contributed by atoms with van der Waals surface area (Å²) >= 11 is 3.45. The Bertz CT molecular complexity index is 333. The zero-order valence-corrected chi connectivity index (χ0v) is 12.3. The number of rotatable bonds is 7. The van der Waals surface area contributed by atoms with Crippen LogP contribution in [0.2, 0.25) is 0 Å². The van der Waals surface area contributed by atoms with Gasteiger partial charge in [0, 0.05) is 30.2 Å². The van der Waals surface area contributed by atoms with E-state index in [2.05, 4.69) is 51.6 Å². The molecule has 17 heavy (non-hydrogen) atoms. The molecule has 0 fully saturated rings. The van der Waals surface area contributed by atoms with Crippen LogP contribution in [-0.4, -0.2) is 34.5 Å². The highest BCUT2D eigenvalue weighted by Crippen LogP contribution is 2.15. The molecule has 0 spiro atoms. The summed E-state index contributed by atoms with van der Waals surface area (Å²) in [5.74, 6) is 1.38. The van der Waals surface area contributed by atoms with Crippen LogP contribution in [0.1, 0.15) is 27.2 Å². The Hall–Kier alpha value is -0.840. The van der Waals surface area contributed by atoms with Crippen molar-refractivity contribution in [1.29, 1.82) is 0 Å². The standard InChI is InChI=1S/C12H20BrN3O/c1-4-9-17-11-5-7-14-12(15-11)16(8-6-13)10(2)3/h5,7,10H,4,6,8-9H2,1-3H3. The zero-order chi connectivity index (χ0) is 12.7. The average Bonchev–Trinajstić information content (AvgIpc) is 2.33. The van der Waals surface area contributed by atoms with Crippen molar-refractivity contribution >= 4 is 21.9 Å². The van der Waals surface area contributed by atoms with E-state index in [0.717, 1.165) is 24.2 Å². The molecule has 1 heterocycles. The highest BCUT2D eigenvalue weighted by atomic mass is 79.9. The minimum atomic E-state index is 0.369. The number of hydrogen-bond acceptors (Lipinski definition) is 4. The molecule has 0 amide bonds. The van der Waals surface area contributed by atoms with E-state index in [1.54, 1.807) is 12.3 Å². The van der Waals surface area contributed by atoms with Crippen LogP contribution in [0.4, 0.5) is 5.95 Å². The molecule has 0 radical (unpaired) electrons. The predicted octanol–water partition coefficient (Wildman–Crippen LogP) is 2.88. The Labute approximate surface area is 112 Å². The van der Waals surface area contributed by atoms with Gasteiger partial charge in [-0.3, -0.25) is 0 Å². The van der Waals surface area contributed by atoms with E-state index < -0.39 is 0 Å². The normalized spacial score (nSPS) is 10.6. The minimum Gasteiger partial charge on any atom is -0.478 e. The van der Waals surface area contributed by atoms with Crippen molar-refractivity contribution in [3.63, 3.8) is 0 Å². The first-order valence-electron chi connectivity index (χ1n) is 5.97. The Balaban J connectivity index is 2.80. The van der Waals surface area contributed by atoms with Gasteiger partial charge in [0.15, 0.2) is 0 Å². The zero-order valence-electron chi connectivity index (χ0n) is 10.7. The summed E-state index contributed by atoms with van der Waals surface area (Å²) < 4.78 is 5.51. The second-order valence-corrected chi connectivity index (χ2v) is 4.81. The molecule has 0 aliphatic carbocycles. The lowest BCUT2D eigenvalue weighted by Gasteiger charge is -2.25. The molecule has 1 aromatic heterocycles. The van der Waals surface area contributed by atoms with Crippen molar-refractivity contribution in [3.8, 4) is 5.88 Å². The molecule has 0 aliphatic rings. The highest BCUT2D eigenvalue weighted by molar-refractivity contribution is 9.09. The molecule has 1 rings (SSSR count). The average molecular weight is 302 g/mol. The molecule has 0 aliphatic heterocycles. The van der Waals surface area contributed by atoms with Gasteiger partial charge in [-0.1, -0.05) is 22.9 Å². The van der Waals surface area contributed by atoms with Crippen LogP contribution in [-0.2, 0) is 0 Å². The summed E-state index contributed by atoms with van der Waals surface area (Å²) in [6.07, 6.45) is 2.73. The predicted molar refractivity (Wildman–Crippen MR) is 74.1 cm³/mol. The molecule has 96 valence electrons. The largest absolute Gasteiger partial charge is 0.478 e. The first-order chi connectivity index (χ1) is 8.19. The second kappa shape index (κ2) is 7.48. The monoisotopic (exact) mass is 301 g/mol. The first kappa shape index (κ1) is 14.2. The molecule has 0 aromatic carbocycles. The van der Waals surface area contributed by atoms with E-state index in [9.17, 15) is 0 Å². The SMILES string of the molecule is CCCOc1ccnc(N(CCBr)C(C)C)n1. The molecule has 5 heteroatoms. The van der Waals surface area contributed by atoms with Crippen molar-refractivity contribution in [2.75, 3.05) is 23.4 Å². The van der Waals surface area contributed by atoms with Gasteiger partial charge in [-0.05, 0) is 20.3 Å². The second-order valence-electron chi connectivity index (χ2n) is 4.02. The van der Waals surface area contributed by atoms with Crippen molar-refractivity contribution in [3.05, 3.63) is 12.3 Å². The van der Waals surface area contributed by atoms with Gasteiger partial charge in [0.2, 0.25) is 11.8 Å². The Kier molecular flexibility index (Phi) is 6.26. The van der Waals surface area contributed by atoms with Gasteiger partial charge < -0.3 is 9.64 Å². The van der Waals surface area contributed by atoms with E-state index in [-0.39, 0.29) is 0 Å². The maximum atomic E-state index is 5.51. The van der Waals surface area contributed by atoms with Gasteiger partial charge >= 0.3 is 0 Å². The van der Waals surface area contributed by atoms with Gasteiger partial charge in [-0.2, -0.15) is 4.98 Å². The van der Waals surface area contributed by atoms with Crippen LogP contribution in [0.15, 0.2) is 12.3 Å². The van der Waals surface area contributed by atoms with Crippen LogP contribution in [0.5, 0.6) is 5.88 Å². The van der Waals surface area contributed by atoms with Crippen LogP contribution < -0.4 is 9.64 Å². The van der Waals surface area contributed by atoms with E-state index in [0.29, 0.717) is 18.5 Å². The lowest BCUT2D eigenvalue weighted by Crippen LogP contribution is -2.34. The maximum absolute atomic E-state index is 5.51. The molecular weight excluding hydrogens is 282 g/mol. The topological polar surface area (TPSA) is 38.2 Å². The Morgan fingerprint density at radius 1 is 1.47 bits per heavy atom. The number of hydrogen-bond donors (Lipinski definition) is 0. The van der Waals surface area contributed by atoms with E-state index >= 15 is 0 Å². The van der Waals surface area contributed by atoms with Gasteiger partial charge in [0.25, 0.3) is 0 Å². The van der Waals surface area contributed by atoms with Crippen molar-refractivity contribution in [2.45, 2.75) is 33.2 Å². The molecule has 0 bridgehead atoms. The lowest BCUT2D eigenvalue weighted by atomic mass is 10.3. The van der Waals surface area contributed by atoms with Gasteiger partial charge in [-0.25, -0.2) is 4.98 Å². The van der Waals surface area contributed by atoms with E-state index in [1.165, 1.54) is 0 Å². The summed E-state index contributed by atoms with van der Waals surface area (Å²) in [6, 6.07) is 2.17. The number of ether oxygens (including phenoxy) is 1. The molecule has 1 aromatic rings. The number of alkyl halides is 1. The number of halogens is 1. The quantitative estimate of drug-likeness (QED) is 0.726. The molecule has 4 nitrogen and oxygen atoms in total. The molecule has 0 N–H and O–H groups in total. The molecule has 0 saturated carbocycles. The van der Waals surface area contributed by atoms with Crippen molar-refractivity contribution < 1.29 is 4.74 Å². The summed E-state index contributed by atoms with van der Waals surface area (Å²) in [6.45, 7) is 7.91. The summed E-state index contributed by atoms with van der Waals surface area (Å²) in [5.41, 5.74) is 0. The molecule has 0 unspecified atom stereocenters. The molecule has 0 atom stereocenters.